The molecule has 0 rings (SSSR count). The molecule has 0 aromatic rings. The highest BCUT2D eigenvalue weighted by molar-refractivity contribution is 5.80. The van der Waals surface area contributed by atoms with Gasteiger partial charge in [0.2, 0.25) is 0 Å². The Labute approximate surface area is 146 Å². The van der Waals surface area contributed by atoms with Gasteiger partial charge in [0.1, 0.15) is 0 Å². The first-order valence-corrected chi connectivity index (χ1v) is 10.3. The second-order valence-corrected chi connectivity index (χ2v) is 6.57. The summed E-state index contributed by atoms with van der Waals surface area (Å²) in [4.78, 5) is 10.2. The molecule has 0 radical (unpaired) electrons. The molecule has 0 aliphatic rings. The first kappa shape index (κ1) is 22.3. The molecule has 0 unspecified atom stereocenters. The summed E-state index contributed by atoms with van der Waals surface area (Å²) in [6.45, 7) is 17.0. The number of rotatable bonds is 14. The average molecular weight is 326 g/mol. The molecular formula is C20H43N3. The lowest BCUT2D eigenvalue weighted by atomic mass is 10.2. The Bertz CT molecular complexity index is 238. The molecule has 3 heteroatoms. The Morgan fingerprint density at radius 3 is 1.17 bits per heavy atom. The largest absolute Gasteiger partial charge is 0.343 e. The summed E-state index contributed by atoms with van der Waals surface area (Å²) in [5.41, 5.74) is 0. The van der Waals surface area contributed by atoms with Crippen molar-refractivity contribution in [3.63, 3.8) is 0 Å². The summed E-state index contributed by atoms with van der Waals surface area (Å²) < 4.78 is 0. The van der Waals surface area contributed by atoms with Crippen LogP contribution in [0.5, 0.6) is 0 Å². The minimum absolute atomic E-state index is 0.957. The van der Waals surface area contributed by atoms with Crippen LogP contribution in [0.4, 0.5) is 0 Å². The van der Waals surface area contributed by atoms with Gasteiger partial charge in [-0.2, -0.15) is 0 Å². The zero-order valence-electron chi connectivity index (χ0n) is 16.7. The molecule has 0 aromatic heterocycles. The molecule has 3 nitrogen and oxygen atoms in total. The van der Waals surface area contributed by atoms with Crippen molar-refractivity contribution in [1.29, 1.82) is 0 Å². The minimum Gasteiger partial charge on any atom is -0.343 e. The summed E-state index contributed by atoms with van der Waals surface area (Å²) in [6.07, 6.45) is 11.2. The number of nitrogens with zero attached hydrogens (tertiary/aromatic N) is 3. The predicted molar refractivity (Wildman–Crippen MR) is 105 cm³/mol. The third kappa shape index (κ3) is 10.6. The standard InChI is InChI=1S/C20H43N3/c1-6-11-16-22(17-12-7-2)20(21-15-10-5)23(18-13-8-3)19-14-9-4/h6-19H2,1-5H3. The first-order valence-electron chi connectivity index (χ1n) is 10.3. The predicted octanol–water partition coefficient (Wildman–Crippen LogP) is 5.56. The van der Waals surface area contributed by atoms with Crippen molar-refractivity contribution in [2.24, 2.45) is 4.99 Å². The van der Waals surface area contributed by atoms with Crippen molar-refractivity contribution in [2.75, 3.05) is 32.7 Å². The fourth-order valence-corrected chi connectivity index (χ4v) is 2.63. The van der Waals surface area contributed by atoms with Crippen LogP contribution >= 0.6 is 0 Å². The molecule has 138 valence electrons. The monoisotopic (exact) mass is 325 g/mol. The molecule has 0 saturated carbocycles. The highest BCUT2D eigenvalue weighted by Crippen LogP contribution is 2.09. The SMILES string of the molecule is CCCCN(CCCC)C(=NCCC)N(CCCC)CCCC. The van der Waals surface area contributed by atoms with Gasteiger partial charge >= 0.3 is 0 Å². The zero-order chi connectivity index (χ0) is 17.3. The van der Waals surface area contributed by atoms with Crippen molar-refractivity contribution in [1.82, 2.24) is 9.80 Å². The maximum Gasteiger partial charge on any atom is 0.196 e. The Morgan fingerprint density at radius 1 is 0.565 bits per heavy atom. The van der Waals surface area contributed by atoms with Gasteiger partial charge in [-0.1, -0.05) is 60.3 Å². The molecule has 0 saturated heterocycles. The molecule has 0 atom stereocenters. The Kier molecular flexibility index (Phi) is 15.6. The van der Waals surface area contributed by atoms with Crippen LogP contribution in [0, 0.1) is 0 Å². The molecule has 0 fully saturated rings. The lowest BCUT2D eigenvalue weighted by Gasteiger charge is -2.35. The van der Waals surface area contributed by atoms with E-state index in [9.17, 15) is 0 Å². The van der Waals surface area contributed by atoms with E-state index >= 15 is 0 Å². The summed E-state index contributed by atoms with van der Waals surface area (Å²) in [5, 5.41) is 0. The lowest BCUT2D eigenvalue weighted by Crippen LogP contribution is -2.46. The molecule has 0 amide bonds. The van der Waals surface area contributed by atoms with E-state index in [4.69, 9.17) is 4.99 Å². The van der Waals surface area contributed by atoms with Crippen LogP contribution < -0.4 is 0 Å². The Balaban J connectivity index is 5.15. The van der Waals surface area contributed by atoms with Crippen LogP contribution in [0.1, 0.15) is 92.4 Å². The second kappa shape index (κ2) is 16.1. The van der Waals surface area contributed by atoms with Gasteiger partial charge in [-0.25, -0.2) is 0 Å². The Morgan fingerprint density at radius 2 is 0.913 bits per heavy atom. The van der Waals surface area contributed by atoms with E-state index in [1.807, 2.05) is 0 Å². The quantitative estimate of drug-likeness (QED) is 0.308. The van der Waals surface area contributed by atoms with E-state index in [0.29, 0.717) is 0 Å². The van der Waals surface area contributed by atoms with E-state index in [1.165, 1.54) is 57.3 Å². The fourth-order valence-electron chi connectivity index (χ4n) is 2.63. The van der Waals surface area contributed by atoms with Gasteiger partial charge in [-0.15, -0.1) is 0 Å². The van der Waals surface area contributed by atoms with Crippen LogP contribution in [0.15, 0.2) is 4.99 Å². The number of hydrogen-bond acceptors (Lipinski definition) is 1. The van der Waals surface area contributed by atoms with Crippen LogP contribution in [0.2, 0.25) is 0 Å². The minimum atomic E-state index is 0.957. The first-order chi connectivity index (χ1) is 11.2. The van der Waals surface area contributed by atoms with E-state index in [1.54, 1.807) is 0 Å². The van der Waals surface area contributed by atoms with E-state index in [-0.39, 0.29) is 0 Å². The molecule has 0 bridgehead atoms. The second-order valence-electron chi connectivity index (χ2n) is 6.57. The third-order valence-electron chi connectivity index (χ3n) is 4.17. The Hall–Kier alpha value is -0.730. The molecule has 0 aliphatic heterocycles. The smallest absolute Gasteiger partial charge is 0.196 e. The van der Waals surface area contributed by atoms with Gasteiger partial charge in [-0.05, 0) is 32.1 Å². The van der Waals surface area contributed by atoms with Gasteiger partial charge in [0.05, 0.1) is 0 Å². The van der Waals surface area contributed by atoms with Crippen LogP contribution in [0.3, 0.4) is 0 Å². The van der Waals surface area contributed by atoms with Crippen LogP contribution in [-0.4, -0.2) is 48.5 Å². The van der Waals surface area contributed by atoms with Gasteiger partial charge in [0.15, 0.2) is 5.96 Å². The highest BCUT2D eigenvalue weighted by Gasteiger charge is 2.17. The topological polar surface area (TPSA) is 18.8 Å². The van der Waals surface area contributed by atoms with Gasteiger partial charge < -0.3 is 9.80 Å². The van der Waals surface area contributed by atoms with E-state index in [2.05, 4.69) is 44.4 Å². The fraction of sp³-hybridized carbons (Fsp3) is 0.950. The van der Waals surface area contributed by atoms with Gasteiger partial charge in [0.25, 0.3) is 0 Å². The van der Waals surface area contributed by atoms with Gasteiger partial charge in [-0.3, -0.25) is 4.99 Å². The summed E-state index contributed by atoms with van der Waals surface area (Å²) in [5.74, 6) is 1.29. The molecule has 23 heavy (non-hydrogen) atoms. The summed E-state index contributed by atoms with van der Waals surface area (Å²) in [6, 6.07) is 0. The average Bonchev–Trinajstić information content (AvgIpc) is 2.57. The number of hydrogen-bond donors (Lipinski definition) is 0. The van der Waals surface area contributed by atoms with Gasteiger partial charge in [0, 0.05) is 32.7 Å². The maximum absolute atomic E-state index is 5.02. The number of aliphatic imine (C=N–C) groups is 1. The van der Waals surface area contributed by atoms with Crippen molar-refractivity contribution in [2.45, 2.75) is 92.4 Å². The zero-order valence-corrected chi connectivity index (χ0v) is 16.7. The normalized spacial score (nSPS) is 10.7. The van der Waals surface area contributed by atoms with Crippen molar-refractivity contribution in [3.05, 3.63) is 0 Å². The van der Waals surface area contributed by atoms with E-state index < -0.39 is 0 Å². The third-order valence-corrected chi connectivity index (χ3v) is 4.17. The number of unbranched alkanes of at least 4 members (excludes halogenated alkanes) is 4. The maximum atomic E-state index is 5.02. The molecule has 0 spiro atoms. The summed E-state index contributed by atoms with van der Waals surface area (Å²) in [7, 11) is 0. The van der Waals surface area contributed by atoms with Crippen molar-refractivity contribution < 1.29 is 0 Å². The van der Waals surface area contributed by atoms with Crippen molar-refractivity contribution >= 4 is 5.96 Å². The van der Waals surface area contributed by atoms with Crippen LogP contribution in [-0.2, 0) is 0 Å². The molecule has 0 aliphatic carbocycles. The molecule has 0 aromatic carbocycles. The molecule has 0 heterocycles. The molecular weight excluding hydrogens is 282 g/mol. The van der Waals surface area contributed by atoms with Crippen LogP contribution in [0.25, 0.3) is 0 Å². The van der Waals surface area contributed by atoms with Crippen molar-refractivity contribution in [3.8, 4) is 0 Å². The molecule has 0 N–H and O–H groups in total. The van der Waals surface area contributed by atoms with E-state index in [0.717, 1.165) is 39.1 Å². The highest BCUT2D eigenvalue weighted by atomic mass is 15.4. The number of guanidine groups is 1. The lowest BCUT2D eigenvalue weighted by molar-refractivity contribution is 0.300. The summed E-state index contributed by atoms with van der Waals surface area (Å²) >= 11 is 0.